The molecule has 4 unspecified atom stereocenters. The first kappa shape index (κ1) is 10.2. The van der Waals surface area contributed by atoms with Gasteiger partial charge in [0.05, 0.1) is 0 Å². The zero-order valence-corrected chi connectivity index (χ0v) is 9.16. The fourth-order valence-electron chi connectivity index (χ4n) is 3.18. The summed E-state index contributed by atoms with van der Waals surface area (Å²) < 4.78 is 5.05. The van der Waals surface area contributed by atoms with Crippen LogP contribution < -0.4 is 0 Å². The van der Waals surface area contributed by atoms with Gasteiger partial charge in [0.2, 0.25) is 0 Å². The lowest BCUT2D eigenvalue weighted by atomic mass is 9.84. The largest absolute Gasteiger partial charge is 0.374 e. The van der Waals surface area contributed by atoms with Crippen molar-refractivity contribution in [3.8, 4) is 0 Å². The minimum Gasteiger partial charge on any atom is -0.374 e. The van der Waals surface area contributed by atoms with Crippen LogP contribution in [0.4, 0.5) is 0 Å². The van der Waals surface area contributed by atoms with Crippen LogP contribution in [-0.4, -0.2) is 19.0 Å². The van der Waals surface area contributed by atoms with Gasteiger partial charge in [0.25, 0.3) is 0 Å². The quantitative estimate of drug-likeness (QED) is 0.690. The first-order chi connectivity index (χ1) is 6.70. The molecule has 0 N–H and O–H groups in total. The minimum atomic E-state index is -0.200. The Morgan fingerprint density at radius 3 is 2.71 bits per heavy atom. The van der Waals surface area contributed by atoms with Gasteiger partial charge in [-0.05, 0) is 43.9 Å². The molecule has 2 heteroatoms. The summed E-state index contributed by atoms with van der Waals surface area (Å²) in [6, 6.07) is 0. The van der Waals surface area contributed by atoms with E-state index in [1.165, 1.54) is 25.7 Å². The Morgan fingerprint density at radius 1 is 1.43 bits per heavy atom. The van der Waals surface area contributed by atoms with Gasteiger partial charge in [-0.3, -0.25) is 4.79 Å². The normalized spacial score (nSPS) is 37.4. The number of ketones is 1. The third-order valence-corrected chi connectivity index (χ3v) is 4.15. The Kier molecular flexibility index (Phi) is 2.91. The van der Waals surface area contributed by atoms with Crippen LogP contribution in [0, 0.1) is 17.8 Å². The highest BCUT2D eigenvalue weighted by atomic mass is 16.5. The Balaban J connectivity index is 1.84. The molecule has 2 bridgehead atoms. The van der Waals surface area contributed by atoms with Crippen molar-refractivity contribution in [3.05, 3.63) is 0 Å². The van der Waals surface area contributed by atoms with Crippen molar-refractivity contribution in [2.45, 2.75) is 45.1 Å². The van der Waals surface area contributed by atoms with E-state index in [0.29, 0.717) is 11.7 Å². The first-order valence-corrected chi connectivity index (χ1v) is 5.76. The molecule has 0 amide bonds. The molecule has 2 aliphatic carbocycles. The van der Waals surface area contributed by atoms with Gasteiger partial charge >= 0.3 is 0 Å². The second-order valence-corrected chi connectivity index (χ2v) is 4.98. The fourth-order valence-corrected chi connectivity index (χ4v) is 3.18. The molecule has 0 radical (unpaired) electrons. The molecule has 2 fully saturated rings. The van der Waals surface area contributed by atoms with E-state index in [0.717, 1.165) is 18.3 Å². The highest BCUT2D eigenvalue weighted by Crippen LogP contribution is 2.49. The molecule has 2 nitrogen and oxygen atoms in total. The van der Waals surface area contributed by atoms with E-state index in [4.69, 9.17) is 4.74 Å². The molecular formula is C12H20O2. The molecule has 0 aromatic heterocycles. The van der Waals surface area contributed by atoms with Crippen molar-refractivity contribution >= 4 is 5.78 Å². The summed E-state index contributed by atoms with van der Waals surface area (Å²) in [5, 5.41) is 0. The predicted octanol–water partition coefficient (Wildman–Crippen LogP) is 2.42. The molecule has 14 heavy (non-hydrogen) atoms. The minimum absolute atomic E-state index is 0.200. The van der Waals surface area contributed by atoms with Crippen molar-refractivity contribution in [1.29, 1.82) is 0 Å². The number of hydrogen-bond donors (Lipinski definition) is 0. The van der Waals surface area contributed by atoms with E-state index in [-0.39, 0.29) is 6.10 Å². The average molecular weight is 196 g/mol. The lowest BCUT2D eigenvalue weighted by Crippen LogP contribution is -2.24. The molecule has 0 heterocycles. The average Bonchev–Trinajstić information content (AvgIpc) is 2.77. The van der Waals surface area contributed by atoms with Gasteiger partial charge in [-0.15, -0.1) is 0 Å². The van der Waals surface area contributed by atoms with E-state index in [9.17, 15) is 4.79 Å². The molecular weight excluding hydrogens is 176 g/mol. The molecule has 0 saturated heterocycles. The summed E-state index contributed by atoms with van der Waals surface area (Å²) in [5.74, 6) is 2.77. The predicted molar refractivity (Wildman–Crippen MR) is 55.0 cm³/mol. The van der Waals surface area contributed by atoms with Gasteiger partial charge in [-0.1, -0.05) is 6.42 Å². The number of rotatable bonds is 4. The number of Topliss-reactive ketones (excluding diaryl/α,β-unsaturated/α-hetero) is 1. The third kappa shape index (κ3) is 1.85. The second kappa shape index (κ2) is 4.01. The van der Waals surface area contributed by atoms with Crippen molar-refractivity contribution in [2.75, 3.05) is 7.11 Å². The van der Waals surface area contributed by atoms with E-state index in [1.54, 1.807) is 7.11 Å². The monoisotopic (exact) mass is 196 g/mol. The van der Waals surface area contributed by atoms with Crippen molar-refractivity contribution in [3.63, 3.8) is 0 Å². The Labute approximate surface area is 86.0 Å². The van der Waals surface area contributed by atoms with Crippen molar-refractivity contribution in [1.82, 2.24) is 0 Å². The summed E-state index contributed by atoms with van der Waals surface area (Å²) in [7, 11) is 1.61. The number of ether oxygens (including phenoxy) is 1. The Bertz CT molecular complexity index is 224. The number of methoxy groups -OCH3 is 1. The summed E-state index contributed by atoms with van der Waals surface area (Å²) in [6.07, 6.45) is 6.02. The smallest absolute Gasteiger partial charge is 0.161 e. The standard InChI is InChI=1S/C12H20O2/c1-8(14-2)12(13)7-11-6-9-3-4-10(11)5-9/h8-11H,3-7H2,1-2H3. The maximum absolute atomic E-state index is 11.7. The lowest BCUT2D eigenvalue weighted by Gasteiger charge is -2.21. The van der Waals surface area contributed by atoms with Gasteiger partial charge in [0, 0.05) is 13.5 Å². The summed E-state index contributed by atoms with van der Waals surface area (Å²) in [4.78, 5) is 11.7. The van der Waals surface area contributed by atoms with Crippen LogP contribution in [0.3, 0.4) is 0 Å². The number of hydrogen-bond acceptors (Lipinski definition) is 2. The molecule has 0 aliphatic heterocycles. The van der Waals surface area contributed by atoms with Gasteiger partial charge in [-0.25, -0.2) is 0 Å². The van der Waals surface area contributed by atoms with Crippen LogP contribution in [0.1, 0.15) is 39.0 Å². The van der Waals surface area contributed by atoms with Crippen molar-refractivity contribution < 1.29 is 9.53 Å². The highest BCUT2D eigenvalue weighted by molar-refractivity contribution is 5.82. The van der Waals surface area contributed by atoms with E-state index in [1.807, 2.05) is 6.92 Å². The molecule has 80 valence electrons. The Hall–Kier alpha value is -0.370. The summed E-state index contributed by atoms with van der Waals surface area (Å²) in [6.45, 7) is 1.86. The molecule has 2 saturated carbocycles. The molecule has 0 aromatic carbocycles. The molecule has 2 rings (SSSR count). The zero-order valence-electron chi connectivity index (χ0n) is 9.16. The lowest BCUT2D eigenvalue weighted by molar-refractivity contribution is -0.129. The second-order valence-electron chi connectivity index (χ2n) is 4.98. The number of carbonyl (C=O) groups excluding carboxylic acids is 1. The van der Waals surface area contributed by atoms with Gasteiger partial charge in [0.1, 0.15) is 6.10 Å². The van der Waals surface area contributed by atoms with E-state index >= 15 is 0 Å². The van der Waals surface area contributed by atoms with Crippen LogP contribution in [0.5, 0.6) is 0 Å². The SMILES string of the molecule is COC(C)C(=O)CC1CC2CCC1C2. The van der Waals surface area contributed by atoms with Crippen LogP contribution in [-0.2, 0) is 9.53 Å². The zero-order chi connectivity index (χ0) is 10.1. The maximum Gasteiger partial charge on any atom is 0.161 e. The third-order valence-electron chi connectivity index (χ3n) is 4.15. The topological polar surface area (TPSA) is 26.3 Å². The molecule has 0 spiro atoms. The number of carbonyl (C=O) groups is 1. The van der Waals surface area contributed by atoms with E-state index < -0.39 is 0 Å². The van der Waals surface area contributed by atoms with Crippen LogP contribution in [0.15, 0.2) is 0 Å². The highest BCUT2D eigenvalue weighted by Gasteiger charge is 2.40. The van der Waals surface area contributed by atoms with Gasteiger partial charge in [-0.2, -0.15) is 0 Å². The van der Waals surface area contributed by atoms with E-state index in [2.05, 4.69) is 0 Å². The molecule has 4 atom stereocenters. The molecule has 2 aliphatic rings. The Morgan fingerprint density at radius 2 is 2.21 bits per heavy atom. The molecule has 0 aromatic rings. The van der Waals surface area contributed by atoms with Gasteiger partial charge < -0.3 is 4.74 Å². The fraction of sp³-hybridized carbons (Fsp3) is 0.917. The maximum atomic E-state index is 11.7. The van der Waals surface area contributed by atoms with Crippen LogP contribution >= 0.6 is 0 Å². The summed E-state index contributed by atoms with van der Waals surface area (Å²) in [5.41, 5.74) is 0. The van der Waals surface area contributed by atoms with Crippen LogP contribution in [0.2, 0.25) is 0 Å². The first-order valence-electron chi connectivity index (χ1n) is 5.76. The van der Waals surface area contributed by atoms with Crippen LogP contribution in [0.25, 0.3) is 0 Å². The number of fused-ring (bicyclic) bond motifs is 2. The van der Waals surface area contributed by atoms with Gasteiger partial charge in [0.15, 0.2) is 5.78 Å². The summed E-state index contributed by atoms with van der Waals surface area (Å²) >= 11 is 0. The van der Waals surface area contributed by atoms with Crippen molar-refractivity contribution in [2.24, 2.45) is 17.8 Å².